The monoisotopic (exact) mass is 536 g/mol. The zero-order valence-corrected chi connectivity index (χ0v) is 19.2. The molecule has 1 unspecified atom stereocenters. The zero-order chi connectivity index (χ0) is 38.0. The van der Waals surface area contributed by atoms with Gasteiger partial charge in [-0.25, -0.2) is 23.4 Å². The molecule has 13 heteroatoms. The van der Waals surface area contributed by atoms with Gasteiger partial charge in [0, 0.05) is 30.9 Å². The van der Waals surface area contributed by atoms with E-state index in [2.05, 4.69) is 30.3 Å². The van der Waals surface area contributed by atoms with E-state index in [1.54, 1.807) is 6.92 Å². The van der Waals surface area contributed by atoms with Gasteiger partial charge in [-0.2, -0.15) is 0 Å². The minimum Gasteiger partial charge on any atom is -0.394 e. The van der Waals surface area contributed by atoms with Crippen molar-refractivity contribution < 1.29 is 48.0 Å². The third-order valence-electron chi connectivity index (χ3n) is 4.84. The molecule has 2 aromatic heterocycles. The first-order chi connectivity index (χ1) is 22.7. The van der Waals surface area contributed by atoms with Crippen LogP contribution in [0, 0.1) is 11.6 Å². The molecule has 3 aromatic rings. The number of benzene rings is 1. The minimum absolute atomic E-state index is 0.104. The zero-order valence-electron chi connectivity index (χ0n) is 32.3. The number of anilines is 1. The van der Waals surface area contributed by atoms with Crippen molar-refractivity contribution in [3.05, 3.63) is 35.3 Å². The summed E-state index contributed by atoms with van der Waals surface area (Å²) in [4.78, 5) is 8.36. The summed E-state index contributed by atoms with van der Waals surface area (Å²) in [5.74, 6) is -6.65. The molecule has 0 saturated heterocycles. The number of halogens is 2. The lowest BCUT2D eigenvalue weighted by molar-refractivity contribution is -0.0629. The molecule has 1 aromatic carbocycles. The van der Waals surface area contributed by atoms with Crippen LogP contribution >= 0.6 is 11.8 Å². The van der Waals surface area contributed by atoms with Gasteiger partial charge < -0.3 is 25.4 Å². The lowest BCUT2D eigenvalue weighted by Crippen LogP contribution is -2.33. The van der Waals surface area contributed by atoms with E-state index >= 15 is 0 Å². The molecule has 0 amide bonds. The lowest BCUT2D eigenvalue weighted by Gasteiger charge is -2.17. The normalized spacial score (nSPS) is 46.7. The summed E-state index contributed by atoms with van der Waals surface area (Å²) in [6.07, 6.45) is -18.6. The summed E-state index contributed by atoms with van der Waals surface area (Å²) in [5.41, 5.74) is -2.29. The van der Waals surface area contributed by atoms with Crippen molar-refractivity contribution in [2.45, 2.75) is 67.4 Å². The Bertz CT molecular complexity index is 1870. The summed E-state index contributed by atoms with van der Waals surface area (Å²) < 4.78 is 150. The molecule has 0 radical (unpaired) electrons. The molecular weight excluding hydrogens is 494 g/mol. The van der Waals surface area contributed by atoms with Gasteiger partial charge in [-0.3, -0.25) is 0 Å². The van der Waals surface area contributed by atoms with Crippen LogP contribution in [0.4, 0.5) is 14.6 Å². The molecule has 0 spiro atoms. The van der Waals surface area contributed by atoms with Crippen molar-refractivity contribution in [2.24, 2.45) is 0 Å². The van der Waals surface area contributed by atoms with Gasteiger partial charge in [0.2, 0.25) is 0 Å². The molecule has 2 saturated carbocycles. The second-order valence-corrected chi connectivity index (χ2v) is 8.36. The van der Waals surface area contributed by atoms with Crippen molar-refractivity contribution in [3.8, 4) is 0 Å². The Kier molecular flexibility index (Phi) is 3.90. The van der Waals surface area contributed by atoms with E-state index in [1.807, 2.05) is 0 Å². The maximum atomic E-state index is 14.5. The Morgan fingerprint density at radius 3 is 2.92 bits per heavy atom. The Morgan fingerprint density at radius 2 is 2.14 bits per heavy atom. The topological polar surface area (TPSA) is 138 Å². The van der Waals surface area contributed by atoms with E-state index < -0.39 is 114 Å². The molecule has 2 aliphatic carbocycles. The molecule has 0 bridgehead atoms. The average molecular weight is 537 g/mol. The van der Waals surface area contributed by atoms with Gasteiger partial charge >= 0.3 is 0 Å². The molecule has 10 nitrogen and oxygen atoms in total. The van der Waals surface area contributed by atoms with Crippen LogP contribution in [0.3, 0.4) is 0 Å². The number of hydrogen-bond donors (Lipinski definition) is 4. The number of nitrogens with zero attached hydrogens (tertiary/aromatic N) is 5. The van der Waals surface area contributed by atoms with Gasteiger partial charge in [-0.05, 0) is 30.4 Å². The highest BCUT2D eigenvalue weighted by Gasteiger charge is 2.45. The Balaban J connectivity index is 1.71. The van der Waals surface area contributed by atoms with E-state index in [1.165, 1.54) is 0 Å². The van der Waals surface area contributed by atoms with Gasteiger partial charge in [-0.1, -0.05) is 29.9 Å². The smallest absolute Gasteiger partial charge is 0.191 e. The quantitative estimate of drug-likeness (QED) is 0.225. The maximum absolute atomic E-state index is 14.5. The van der Waals surface area contributed by atoms with Gasteiger partial charge in [0.25, 0.3) is 0 Å². The Labute approximate surface area is 229 Å². The van der Waals surface area contributed by atoms with E-state index in [9.17, 15) is 24.1 Å². The van der Waals surface area contributed by atoms with Crippen LogP contribution in [-0.2, 0) is 4.74 Å². The van der Waals surface area contributed by atoms with E-state index in [-0.39, 0.29) is 9.84 Å². The van der Waals surface area contributed by atoms with Gasteiger partial charge in [0.15, 0.2) is 33.8 Å². The fraction of sp³-hybridized carbons (Fsp3) is 0.565. The third-order valence-corrected chi connectivity index (χ3v) is 5.89. The van der Waals surface area contributed by atoms with Crippen LogP contribution < -0.4 is 5.32 Å². The third kappa shape index (κ3) is 4.90. The van der Waals surface area contributed by atoms with Crippen molar-refractivity contribution in [2.75, 3.05) is 24.2 Å². The van der Waals surface area contributed by atoms with Crippen LogP contribution in [0.25, 0.3) is 11.2 Å². The summed E-state index contributed by atoms with van der Waals surface area (Å²) in [5, 5.41) is 41.2. The SMILES string of the molecule is [2H]c1c([2H])c(C2([2H])[C@@H](Nc3nc(SCCC)nc4c3nnn4[C@]3([2H])C([2H])([2H])[C@]([2H])(OC([2H])([2H])CO)[C@@]([2H])(O)[C@@]3([2H])O)C2([2H])[2H])c([2H])c(F)c1F. The number of ether oxygens (including phenoxy) is 1. The molecule has 4 N–H and O–H groups in total. The standard InChI is InChI=1S/C23H28F2N6O4S/c1-2-7-36-23-27-21(26-15-9-12(15)11-3-4-13(24)14(25)8-11)18-22(28-23)31(30-29-18)16-10-17(35-6-5-32)20(34)19(16)33/h3-4,8,12,15-17,19-20,32-34H,2,5-7,9-10H2,1H3,(H,26,27,28)/t12?,15-,16+,17-,19-,20+/m0/s1/i3D,4D,6D2,8D,9D2,10D2,12D,16D,17D,19D,20D. The van der Waals surface area contributed by atoms with Gasteiger partial charge in [0.1, 0.15) is 12.2 Å². The first kappa shape index (κ1) is 13.4. The molecule has 2 fully saturated rings. The minimum atomic E-state index is -4.20. The first-order valence-electron chi connectivity index (χ1n) is 17.4. The fourth-order valence-electron chi connectivity index (χ4n) is 3.16. The van der Waals surface area contributed by atoms with Crippen LogP contribution in [0.1, 0.15) is 62.8 Å². The second-order valence-electron chi connectivity index (χ2n) is 7.29. The number of aliphatic hydroxyl groups is 3. The predicted octanol–water partition coefficient (Wildman–Crippen LogP) is 2.01. The van der Waals surface area contributed by atoms with Crippen molar-refractivity contribution in [1.29, 1.82) is 0 Å². The first-order valence-corrected chi connectivity index (χ1v) is 11.4. The summed E-state index contributed by atoms with van der Waals surface area (Å²) in [6.45, 7) is -3.13. The molecule has 194 valence electrons. The van der Waals surface area contributed by atoms with E-state index in [4.69, 9.17) is 19.2 Å². The number of hydrogen-bond acceptors (Lipinski definition) is 10. The van der Waals surface area contributed by atoms with Crippen molar-refractivity contribution >= 4 is 28.7 Å². The van der Waals surface area contributed by atoms with Gasteiger partial charge in [0.05, 0.1) is 37.6 Å². The number of thioether (sulfide) groups is 1. The van der Waals surface area contributed by atoms with Crippen LogP contribution in [0.5, 0.6) is 0 Å². The predicted molar refractivity (Wildman–Crippen MR) is 128 cm³/mol. The summed E-state index contributed by atoms with van der Waals surface area (Å²) >= 11 is 0.930. The summed E-state index contributed by atoms with van der Waals surface area (Å²) in [6, 6.07) is -9.46. The second kappa shape index (κ2) is 10.5. The van der Waals surface area contributed by atoms with Crippen LogP contribution in [-0.4, -0.2) is 83.5 Å². The Hall–Kier alpha value is -2.45. The molecule has 6 atom stereocenters. The van der Waals surface area contributed by atoms with Crippen molar-refractivity contribution in [3.63, 3.8) is 0 Å². The molecule has 36 heavy (non-hydrogen) atoms. The van der Waals surface area contributed by atoms with Gasteiger partial charge in [-0.15, -0.1) is 5.10 Å². The highest BCUT2D eigenvalue weighted by atomic mass is 32.2. The highest BCUT2D eigenvalue weighted by Crippen LogP contribution is 2.44. The Morgan fingerprint density at radius 1 is 1.31 bits per heavy atom. The van der Waals surface area contributed by atoms with Crippen molar-refractivity contribution in [1.82, 2.24) is 25.0 Å². The lowest BCUT2D eigenvalue weighted by atomic mass is 10.1. The fourth-order valence-corrected chi connectivity index (χ4v) is 3.85. The number of aromatic nitrogens is 5. The molecule has 5 rings (SSSR count). The van der Waals surface area contributed by atoms with E-state index in [0.717, 1.165) is 11.8 Å². The van der Waals surface area contributed by atoms with Crippen LogP contribution in [0.15, 0.2) is 23.3 Å². The number of rotatable bonds is 10. The summed E-state index contributed by atoms with van der Waals surface area (Å²) in [7, 11) is 0. The molecule has 2 aliphatic rings. The van der Waals surface area contributed by atoms with E-state index in [0.29, 0.717) is 12.2 Å². The molecule has 0 aliphatic heterocycles. The largest absolute Gasteiger partial charge is 0.394 e. The highest BCUT2D eigenvalue weighted by molar-refractivity contribution is 7.99. The molecule has 2 heterocycles. The number of aliphatic hydroxyl groups excluding tert-OH is 1. The maximum Gasteiger partial charge on any atom is 0.191 e. The number of nitrogens with one attached hydrogen (secondary N) is 1. The van der Waals surface area contributed by atoms with Crippen LogP contribution in [0.2, 0.25) is 0 Å². The molecular formula is C23H28F2N6O4S. The number of fused-ring (bicyclic) bond motifs is 1. The average Bonchev–Trinajstić information content (AvgIpc) is 3.27.